The Balaban J connectivity index is 0.00000141. The molecule has 7 nitrogen and oxygen atoms in total. The number of imidazole rings is 1. The molecule has 1 aromatic carbocycles. The van der Waals surface area contributed by atoms with Gasteiger partial charge in [-0.25, -0.2) is 9.97 Å². The van der Waals surface area contributed by atoms with Crippen LogP contribution in [0.25, 0.3) is 33.7 Å². The summed E-state index contributed by atoms with van der Waals surface area (Å²) in [5.74, 6) is 0.622. The fourth-order valence-electron chi connectivity index (χ4n) is 4.30. The molecule has 1 aliphatic carbocycles. The van der Waals surface area contributed by atoms with E-state index in [0.29, 0.717) is 18.7 Å². The molecule has 0 atom stereocenters. The molecule has 3 heterocycles. The highest BCUT2D eigenvalue weighted by Crippen LogP contribution is 2.37. The standard InChI is InChI=1S/C26H26N4O3.C2H6/c1-16-3-6-21-22(13-16)30-24(29-21)18-4-7-20(27-15-18)17-5-8-23(28-14-17)33-19-9-11-26(2,12-10-19)25(31)32;1-2/h3-8,13-15,19H,9-12H2,1-2H3,(H,29,30)(H,31,32);1-2H3. The lowest BCUT2D eigenvalue weighted by molar-refractivity contribution is -0.150. The van der Waals surface area contributed by atoms with Gasteiger partial charge in [-0.15, -0.1) is 0 Å². The average molecular weight is 473 g/mol. The molecule has 182 valence electrons. The lowest BCUT2D eigenvalue weighted by Crippen LogP contribution is -2.36. The van der Waals surface area contributed by atoms with Crippen molar-refractivity contribution in [1.29, 1.82) is 0 Å². The van der Waals surface area contributed by atoms with Crippen LogP contribution in [0.3, 0.4) is 0 Å². The fraction of sp³-hybridized carbons (Fsp3) is 0.357. The number of aromatic nitrogens is 4. The summed E-state index contributed by atoms with van der Waals surface area (Å²) in [6.07, 6.45) is 6.24. The summed E-state index contributed by atoms with van der Waals surface area (Å²) in [7, 11) is 0. The van der Waals surface area contributed by atoms with Crippen LogP contribution in [0.4, 0.5) is 0 Å². The average Bonchev–Trinajstić information content (AvgIpc) is 3.30. The first kappa shape index (κ1) is 24.4. The Labute approximate surface area is 205 Å². The fourth-order valence-corrected chi connectivity index (χ4v) is 4.30. The monoisotopic (exact) mass is 472 g/mol. The molecule has 2 N–H and O–H groups in total. The van der Waals surface area contributed by atoms with Gasteiger partial charge in [0.05, 0.1) is 22.1 Å². The number of aliphatic carboxylic acids is 1. The van der Waals surface area contributed by atoms with Gasteiger partial charge in [0, 0.05) is 29.6 Å². The van der Waals surface area contributed by atoms with Gasteiger partial charge in [0.1, 0.15) is 11.9 Å². The molecule has 0 spiro atoms. The number of fused-ring (bicyclic) bond motifs is 1. The van der Waals surface area contributed by atoms with E-state index in [2.05, 4.69) is 39.0 Å². The highest BCUT2D eigenvalue weighted by atomic mass is 16.5. The number of benzene rings is 1. The van der Waals surface area contributed by atoms with Crippen molar-refractivity contribution in [2.75, 3.05) is 0 Å². The number of carboxylic acids is 1. The molecule has 4 aromatic rings. The first-order valence-electron chi connectivity index (χ1n) is 12.2. The summed E-state index contributed by atoms with van der Waals surface area (Å²) in [5, 5.41) is 9.37. The summed E-state index contributed by atoms with van der Waals surface area (Å²) >= 11 is 0. The Kier molecular flexibility index (Phi) is 7.15. The van der Waals surface area contributed by atoms with Crippen LogP contribution < -0.4 is 4.74 Å². The van der Waals surface area contributed by atoms with Gasteiger partial charge in [-0.2, -0.15) is 0 Å². The Morgan fingerprint density at radius 3 is 2.37 bits per heavy atom. The Morgan fingerprint density at radius 2 is 1.74 bits per heavy atom. The van der Waals surface area contributed by atoms with E-state index in [-0.39, 0.29) is 6.10 Å². The van der Waals surface area contributed by atoms with Crippen LogP contribution in [0.1, 0.15) is 52.0 Å². The van der Waals surface area contributed by atoms with Crippen molar-refractivity contribution < 1.29 is 14.6 Å². The highest BCUT2D eigenvalue weighted by Gasteiger charge is 2.38. The number of carbonyl (C=O) groups is 1. The van der Waals surface area contributed by atoms with Crippen molar-refractivity contribution in [3.8, 4) is 28.5 Å². The lowest BCUT2D eigenvalue weighted by Gasteiger charge is -2.33. The number of carboxylic acid groups (broad SMARTS) is 1. The molecule has 7 heteroatoms. The van der Waals surface area contributed by atoms with Crippen LogP contribution in [0.5, 0.6) is 5.88 Å². The predicted octanol–water partition coefficient (Wildman–Crippen LogP) is 6.43. The lowest BCUT2D eigenvalue weighted by atomic mass is 9.75. The van der Waals surface area contributed by atoms with E-state index < -0.39 is 11.4 Å². The maximum atomic E-state index is 11.4. The van der Waals surface area contributed by atoms with Crippen molar-refractivity contribution in [2.24, 2.45) is 5.41 Å². The molecule has 0 saturated heterocycles. The minimum Gasteiger partial charge on any atom is -0.481 e. The number of H-pyrrole nitrogens is 1. The Bertz CT molecular complexity index is 1290. The second-order valence-electron chi connectivity index (χ2n) is 9.11. The van der Waals surface area contributed by atoms with E-state index in [1.807, 2.05) is 57.3 Å². The Hall–Kier alpha value is -3.74. The van der Waals surface area contributed by atoms with Crippen LogP contribution in [-0.4, -0.2) is 37.1 Å². The number of aromatic amines is 1. The molecule has 35 heavy (non-hydrogen) atoms. The number of hydrogen-bond donors (Lipinski definition) is 2. The molecule has 5 rings (SSSR count). The van der Waals surface area contributed by atoms with Crippen molar-refractivity contribution in [3.05, 3.63) is 60.4 Å². The number of aryl methyl sites for hydroxylation is 1. The summed E-state index contributed by atoms with van der Waals surface area (Å²) < 4.78 is 6.00. The minimum absolute atomic E-state index is 0.000722. The van der Waals surface area contributed by atoms with Crippen LogP contribution in [-0.2, 0) is 4.79 Å². The summed E-state index contributed by atoms with van der Waals surface area (Å²) in [4.78, 5) is 28.5. The van der Waals surface area contributed by atoms with Gasteiger partial charge >= 0.3 is 5.97 Å². The normalized spacial score (nSPS) is 19.6. The molecular weight excluding hydrogens is 440 g/mol. The van der Waals surface area contributed by atoms with Gasteiger partial charge in [0.2, 0.25) is 5.88 Å². The van der Waals surface area contributed by atoms with Crippen LogP contribution in [0, 0.1) is 12.3 Å². The van der Waals surface area contributed by atoms with Crippen molar-refractivity contribution in [3.63, 3.8) is 0 Å². The minimum atomic E-state index is -0.725. The smallest absolute Gasteiger partial charge is 0.309 e. The van der Waals surface area contributed by atoms with Crippen LogP contribution in [0.2, 0.25) is 0 Å². The third-order valence-corrected chi connectivity index (χ3v) is 6.55. The summed E-state index contributed by atoms with van der Waals surface area (Å²) in [6, 6.07) is 13.9. The largest absolute Gasteiger partial charge is 0.481 e. The molecule has 0 amide bonds. The van der Waals surface area contributed by atoms with E-state index >= 15 is 0 Å². The zero-order valence-corrected chi connectivity index (χ0v) is 20.7. The number of ether oxygens (including phenoxy) is 1. The van der Waals surface area contributed by atoms with Crippen molar-refractivity contribution in [1.82, 2.24) is 19.9 Å². The van der Waals surface area contributed by atoms with Gasteiger partial charge in [-0.05, 0) is 75.4 Å². The topological polar surface area (TPSA) is 101 Å². The first-order chi connectivity index (χ1) is 16.9. The van der Waals surface area contributed by atoms with Gasteiger partial charge < -0.3 is 14.8 Å². The number of hydrogen-bond acceptors (Lipinski definition) is 5. The molecule has 0 bridgehead atoms. The SMILES string of the molecule is CC.Cc1ccc2nc(-c3ccc(-c4ccc(OC5CCC(C)(C(=O)O)CC5)nc4)nc3)[nH]c2c1. The zero-order chi connectivity index (χ0) is 25.0. The molecule has 0 radical (unpaired) electrons. The first-order valence-corrected chi connectivity index (χ1v) is 12.2. The quantitative estimate of drug-likeness (QED) is 0.347. The van der Waals surface area contributed by atoms with E-state index in [4.69, 9.17) is 4.74 Å². The summed E-state index contributed by atoms with van der Waals surface area (Å²) in [5.41, 5.74) is 5.14. The molecule has 3 aromatic heterocycles. The number of pyridine rings is 2. The van der Waals surface area contributed by atoms with E-state index in [1.54, 1.807) is 6.20 Å². The highest BCUT2D eigenvalue weighted by molar-refractivity contribution is 5.80. The predicted molar refractivity (Wildman–Crippen MR) is 137 cm³/mol. The van der Waals surface area contributed by atoms with Crippen LogP contribution >= 0.6 is 0 Å². The molecule has 0 aliphatic heterocycles. The second kappa shape index (κ2) is 10.3. The molecule has 1 saturated carbocycles. The van der Waals surface area contributed by atoms with Crippen LogP contribution in [0.15, 0.2) is 54.9 Å². The van der Waals surface area contributed by atoms with Gasteiger partial charge in [0.25, 0.3) is 0 Å². The number of rotatable bonds is 5. The van der Waals surface area contributed by atoms with Gasteiger partial charge in [-0.1, -0.05) is 19.9 Å². The number of nitrogens with zero attached hydrogens (tertiary/aromatic N) is 3. The zero-order valence-electron chi connectivity index (χ0n) is 20.7. The molecule has 1 fully saturated rings. The van der Waals surface area contributed by atoms with E-state index in [9.17, 15) is 9.90 Å². The summed E-state index contributed by atoms with van der Waals surface area (Å²) in [6.45, 7) is 7.87. The number of nitrogens with one attached hydrogen (secondary N) is 1. The molecule has 0 unspecified atom stereocenters. The third kappa shape index (κ3) is 5.34. The maximum absolute atomic E-state index is 11.4. The molecule has 1 aliphatic rings. The Morgan fingerprint density at radius 1 is 1.03 bits per heavy atom. The second-order valence-corrected chi connectivity index (χ2v) is 9.11. The van der Waals surface area contributed by atoms with Gasteiger partial charge in [0.15, 0.2) is 0 Å². The van der Waals surface area contributed by atoms with Crippen molar-refractivity contribution in [2.45, 2.75) is 59.5 Å². The van der Waals surface area contributed by atoms with Gasteiger partial charge in [-0.3, -0.25) is 9.78 Å². The van der Waals surface area contributed by atoms with Crippen molar-refractivity contribution >= 4 is 17.0 Å². The van der Waals surface area contributed by atoms with E-state index in [0.717, 1.165) is 46.5 Å². The molecular formula is C28H32N4O3. The van der Waals surface area contributed by atoms with E-state index in [1.165, 1.54) is 5.56 Å². The maximum Gasteiger partial charge on any atom is 0.309 e. The third-order valence-electron chi connectivity index (χ3n) is 6.55.